The van der Waals surface area contributed by atoms with Gasteiger partial charge in [0.25, 0.3) is 0 Å². The second-order valence-corrected chi connectivity index (χ2v) is 6.58. The molecule has 0 radical (unpaired) electrons. The smallest absolute Gasteiger partial charge is 0.187 e. The number of nitrogen functional groups attached to an aromatic ring is 1. The van der Waals surface area contributed by atoms with Crippen LogP contribution in [-0.4, -0.2) is 9.97 Å². The number of nitrogens with one attached hydrogen (secondary N) is 1. The Kier molecular flexibility index (Phi) is 3.42. The zero-order chi connectivity index (χ0) is 14.1. The van der Waals surface area contributed by atoms with Crippen molar-refractivity contribution in [1.29, 1.82) is 0 Å². The molecule has 102 valence electrons. The lowest BCUT2D eigenvalue weighted by Gasteiger charge is -2.02. The molecule has 20 heavy (non-hydrogen) atoms. The van der Waals surface area contributed by atoms with E-state index < -0.39 is 0 Å². The molecule has 0 amide bonds. The van der Waals surface area contributed by atoms with Crippen LogP contribution in [0.3, 0.4) is 0 Å². The van der Waals surface area contributed by atoms with Crippen molar-refractivity contribution in [3.8, 4) is 11.4 Å². The normalized spacial score (nSPS) is 10.7. The van der Waals surface area contributed by atoms with Crippen LogP contribution in [-0.2, 0) is 0 Å². The van der Waals surface area contributed by atoms with E-state index in [0.29, 0.717) is 5.13 Å². The molecule has 3 N–H and O–H groups in total. The molecule has 1 aromatic carbocycles. The highest BCUT2D eigenvalue weighted by Gasteiger charge is 2.12. The van der Waals surface area contributed by atoms with E-state index in [1.54, 1.807) is 11.3 Å². The number of rotatable bonds is 3. The number of nitrogens with two attached hydrogens (primary N) is 1. The van der Waals surface area contributed by atoms with Gasteiger partial charge >= 0.3 is 0 Å². The Labute approximate surface area is 125 Å². The van der Waals surface area contributed by atoms with E-state index in [9.17, 15) is 0 Å². The average molecular weight is 302 g/mol. The van der Waals surface area contributed by atoms with Crippen molar-refractivity contribution in [3.63, 3.8) is 0 Å². The van der Waals surface area contributed by atoms with Gasteiger partial charge in [-0.2, -0.15) is 0 Å². The van der Waals surface area contributed by atoms with Gasteiger partial charge in [-0.1, -0.05) is 17.7 Å². The first-order valence-electron chi connectivity index (χ1n) is 6.14. The lowest BCUT2D eigenvalue weighted by Crippen LogP contribution is -1.90. The summed E-state index contributed by atoms with van der Waals surface area (Å²) in [5.41, 5.74) is 9.75. The van der Waals surface area contributed by atoms with Gasteiger partial charge in [0.05, 0.1) is 0 Å². The molecule has 0 spiro atoms. The maximum atomic E-state index is 5.73. The van der Waals surface area contributed by atoms with Crippen LogP contribution >= 0.6 is 22.7 Å². The highest BCUT2D eigenvalue weighted by atomic mass is 32.1. The number of hydrogen-bond donors (Lipinski definition) is 2. The zero-order valence-electron chi connectivity index (χ0n) is 11.2. The van der Waals surface area contributed by atoms with Crippen molar-refractivity contribution in [2.45, 2.75) is 13.8 Å². The summed E-state index contributed by atoms with van der Waals surface area (Å²) in [4.78, 5) is 9.99. The van der Waals surface area contributed by atoms with Gasteiger partial charge in [-0.15, -0.1) is 22.7 Å². The van der Waals surface area contributed by atoms with Crippen LogP contribution in [0, 0.1) is 13.8 Å². The molecule has 3 aromatic rings. The van der Waals surface area contributed by atoms with E-state index in [-0.39, 0.29) is 0 Å². The van der Waals surface area contributed by atoms with Crippen LogP contribution in [0.2, 0.25) is 0 Å². The van der Waals surface area contributed by atoms with Crippen molar-refractivity contribution >= 4 is 38.6 Å². The van der Waals surface area contributed by atoms with Gasteiger partial charge in [-0.3, -0.25) is 0 Å². The number of aromatic nitrogens is 2. The first-order chi connectivity index (χ1) is 9.61. The molecular weight excluding hydrogens is 288 g/mol. The van der Waals surface area contributed by atoms with Crippen molar-refractivity contribution in [2.75, 3.05) is 11.1 Å². The molecule has 0 aliphatic heterocycles. The van der Waals surface area contributed by atoms with Gasteiger partial charge in [0.15, 0.2) is 10.3 Å². The van der Waals surface area contributed by atoms with Crippen molar-refractivity contribution in [1.82, 2.24) is 9.97 Å². The highest BCUT2D eigenvalue weighted by molar-refractivity contribution is 7.16. The van der Waals surface area contributed by atoms with E-state index in [4.69, 9.17) is 5.73 Å². The van der Waals surface area contributed by atoms with Gasteiger partial charge < -0.3 is 11.1 Å². The second kappa shape index (κ2) is 5.22. The van der Waals surface area contributed by atoms with E-state index in [0.717, 1.165) is 27.1 Å². The Morgan fingerprint density at radius 1 is 1.10 bits per heavy atom. The van der Waals surface area contributed by atoms with Crippen molar-refractivity contribution < 1.29 is 0 Å². The fourth-order valence-corrected chi connectivity index (χ4v) is 3.27. The van der Waals surface area contributed by atoms with E-state index >= 15 is 0 Å². The molecule has 0 aliphatic rings. The largest absolute Gasteiger partial charge is 0.375 e. The Morgan fingerprint density at radius 2 is 1.85 bits per heavy atom. The topological polar surface area (TPSA) is 63.8 Å². The third-order valence-electron chi connectivity index (χ3n) is 2.86. The molecule has 0 saturated carbocycles. The standard InChI is InChI=1S/C14H14N4S2/c1-8-3-5-10(6-4-8)16-14-17-11(7-19-14)12-9(2)20-13(15)18-12/h3-7H,1-2H3,(H2,15,18)(H,16,17). The van der Waals surface area contributed by atoms with Gasteiger partial charge in [0, 0.05) is 15.9 Å². The van der Waals surface area contributed by atoms with Gasteiger partial charge in [-0.05, 0) is 26.0 Å². The van der Waals surface area contributed by atoms with Crippen LogP contribution in [0.15, 0.2) is 29.6 Å². The van der Waals surface area contributed by atoms with Gasteiger partial charge in [0.2, 0.25) is 0 Å². The van der Waals surface area contributed by atoms with Crippen LogP contribution in [0.1, 0.15) is 10.4 Å². The summed E-state index contributed by atoms with van der Waals surface area (Å²) in [5.74, 6) is 0. The first kappa shape index (κ1) is 13.1. The van der Waals surface area contributed by atoms with Gasteiger partial charge in [-0.25, -0.2) is 9.97 Å². The number of aryl methyl sites for hydroxylation is 2. The molecule has 0 saturated heterocycles. The molecule has 3 rings (SSSR count). The monoisotopic (exact) mass is 302 g/mol. The molecule has 6 heteroatoms. The molecule has 0 atom stereocenters. The molecule has 0 fully saturated rings. The Balaban J connectivity index is 1.83. The summed E-state index contributed by atoms with van der Waals surface area (Å²) < 4.78 is 0. The Bertz CT molecular complexity index is 728. The van der Waals surface area contributed by atoms with Crippen LogP contribution < -0.4 is 11.1 Å². The molecule has 4 nitrogen and oxygen atoms in total. The number of thiazole rings is 2. The van der Waals surface area contributed by atoms with Crippen LogP contribution in [0.25, 0.3) is 11.4 Å². The lowest BCUT2D eigenvalue weighted by molar-refractivity contribution is 1.30. The summed E-state index contributed by atoms with van der Waals surface area (Å²) in [6.45, 7) is 4.08. The molecule has 0 aliphatic carbocycles. The molecular formula is C14H14N4S2. The quantitative estimate of drug-likeness (QED) is 0.760. The summed E-state index contributed by atoms with van der Waals surface area (Å²) in [6.07, 6.45) is 0. The Hall–Kier alpha value is -1.92. The number of hydrogen-bond acceptors (Lipinski definition) is 6. The summed E-state index contributed by atoms with van der Waals surface area (Å²) >= 11 is 3.05. The summed E-state index contributed by atoms with van der Waals surface area (Å²) in [7, 11) is 0. The third-order valence-corrected chi connectivity index (χ3v) is 4.42. The number of nitrogens with zero attached hydrogens (tertiary/aromatic N) is 2. The minimum atomic E-state index is 0.582. The van der Waals surface area contributed by atoms with Crippen LogP contribution in [0.5, 0.6) is 0 Å². The lowest BCUT2D eigenvalue weighted by atomic mass is 10.2. The van der Waals surface area contributed by atoms with Crippen molar-refractivity contribution in [3.05, 3.63) is 40.1 Å². The highest BCUT2D eigenvalue weighted by Crippen LogP contribution is 2.31. The predicted octanol–water partition coefficient (Wildman–Crippen LogP) is 4.21. The van der Waals surface area contributed by atoms with Crippen molar-refractivity contribution in [2.24, 2.45) is 0 Å². The molecule has 0 bridgehead atoms. The summed E-state index contributed by atoms with van der Waals surface area (Å²) in [6, 6.07) is 8.23. The minimum absolute atomic E-state index is 0.582. The Morgan fingerprint density at radius 3 is 2.50 bits per heavy atom. The SMILES string of the molecule is Cc1ccc(Nc2nc(-c3nc(N)sc3C)cs2)cc1. The van der Waals surface area contributed by atoms with Gasteiger partial charge in [0.1, 0.15) is 11.4 Å². The van der Waals surface area contributed by atoms with Crippen LogP contribution in [0.4, 0.5) is 16.0 Å². The number of anilines is 3. The van der Waals surface area contributed by atoms with E-state index in [1.807, 2.05) is 24.4 Å². The maximum absolute atomic E-state index is 5.73. The first-order valence-corrected chi connectivity index (χ1v) is 7.84. The summed E-state index contributed by atoms with van der Waals surface area (Å²) in [5, 5.41) is 6.74. The number of benzene rings is 1. The molecule has 2 heterocycles. The minimum Gasteiger partial charge on any atom is -0.375 e. The average Bonchev–Trinajstić information content (AvgIpc) is 2.99. The third kappa shape index (κ3) is 2.66. The molecule has 0 unspecified atom stereocenters. The maximum Gasteiger partial charge on any atom is 0.187 e. The second-order valence-electron chi connectivity index (χ2n) is 4.49. The predicted molar refractivity (Wildman–Crippen MR) is 86.8 cm³/mol. The fraction of sp³-hybridized carbons (Fsp3) is 0.143. The molecule has 2 aromatic heterocycles. The zero-order valence-corrected chi connectivity index (χ0v) is 12.8. The fourth-order valence-electron chi connectivity index (χ4n) is 1.85. The van der Waals surface area contributed by atoms with E-state index in [1.165, 1.54) is 16.9 Å². The van der Waals surface area contributed by atoms with E-state index in [2.05, 4.69) is 34.3 Å².